The van der Waals surface area contributed by atoms with Crippen molar-refractivity contribution in [3.63, 3.8) is 0 Å². The topological polar surface area (TPSA) is 46.1 Å². The van der Waals surface area contributed by atoms with Crippen LogP contribution in [0.25, 0.3) is 10.6 Å². The van der Waals surface area contributed by atoms with Crippen molar-refractivity contribution in [3.8, 4) is 10.6 Å². The highest BCUT2D eigenvalue weighted by Gasteiger charge is 2.41. The van der Waals surface area contributed by atoms with Crippen LogP contribution >= 0.6 is 22.9 Å². The van der Waals surface area contributed by atoms with Gasteiger partial charge in [-0.3, -0.25) is 9.78 Å². The van der Waals surface area contributed by atoms with Gasteiger partial charge in [-0.05, 0) is 12.1 Å². The number of rotatable bonds is 2. The van der Waals surface area contributed by atoms with Crippen LogP contribution in [-0.4, -0.2) is 39.8 Å². The minimum atomic E-state index is -2.82. The van der Waals surface area contributed by atoms with E-state index in [1.165, 1.54) is 0 Å². The van der Waals surface area contributed by atoms with Gasteiger partial charge in [0.15, 0.2) is 5.15 Å². The maximum absolute atomic E-state index is 13.2. The van der Waals surface area contributed by atoms with Crippen molar-refractivity contribution in [2.45, 2.75) is 12.3 Å². The second kappa shape index (κ2) is 5.31. The van der Waals surface area contributed by atoms with Crippen molar-refractivity contribution in [1.29, 1.82) is 0 Å². The monoisotopic (exact) mass is 329 g/mol. The number of carbonyl (C=O) groups excluding carboxylic acids is 1. The highest BCUT2D eigenvalue weighted by Crippen LogP contribution is 2.34. The molecule has 1 saturated heterocycles. The number of alkyl halides is 2. The summed E-state index contributed by atoms with van der Waals surface area (Å²) in [7, 11) is 0. The molecule has 1 aliphatic rings. The van der Waals surface area contributed by atoms with Crippen molar-refractivity contribution < 1.29 is 13.6 Å². The third-order valence-corrected chi connectivity index (χ3v) is 4.62. The number of hydrogen-bond acceptors (Lipinski definition) is 4. The standard InChI is InChI=1S/C13H10ClF2N3OS/c14-10-9(12(20)19-5-3-13(15,16)7-19)21-11(18-10)8-2-1-4-17-6-8/h1-2,4,6H,3,5,7H2. The zero-order valence-electron chi connectivity index (χ0n) is 10.7. The lowest BCUT2D eigenvalue weighted by molar-refractivity contribution is 0.0121. The largest absolute Gasteiger partial charge is 0.332 e. The van der Waals surface area contributed by atoms with E-state index in [4.69, 9.17) is 11.6 Å². The molecule has 2 aromatic heterocycles. The maximum Gasteiger partial charge on any atom is 0.267 e. The fraction of sp³-hybridized carbons (Fsp3) is 0.308. The first-order valence-corrected chi connectivity index (χ1v) is 7.39. The summed E-state index contributed by atoms with van der Waals surface area (Å²) >= 11 is 7.07. The van der Waals surface area contributed by atoms with Gasteiger partial charge in [0, 0.05) is 30.9 Å². The number of amides is 1. The van der Waals surface area contributed by atoms with E-state index in [9.17, 15) is 13.6 Å². The lowest BCUT2D eigenvalue weighted by Gasteiger charge is -2.14. The van der Waals surface area contributed by atoms with E-state index in [1.54, 1.807) is 24.5 Å². The zero-order valence-corrected chi connectivity index (χ0v) is 12.3. The predicted molar refractivity (Wildman–Crippen MR) is 75.8 cm³/mol. The molecule has 0 radical (unpaired) electrons. The summed E-state index contributed by atoms with van der Waals surface area (Å²) in [6.07, 6.45) is 2.91. The quantitative estimate of drug-likeness (QED) is 0.849. The first-order chi connectivity index (χ1) is 9.96. The Balaban J connectivity index is 1.87. The molecule has 21 heavy (non-hydrogen) atoms. The molecule has 1 amide bonds. The van der Waals surface area contributed by atoms with Crippen LogP contribution in [0, 0.1) is 0 Å². The zero-order chi connectivity index (χ0) is 15.0. The van der Waals surface area contributed by atoms with E-state index in [1.807, 2.05) is 0 Å². The van der Waals surface area contributed by atoms with Gasteiger partial charge in [0.25, 0.3) is 11.8 Å². The summed E-state index contributed by atoms with van der Waals surface area (Å²) in [6.45, 7) is -0.537. The molecule has 110 valence electrons. The van der Waals surface area contributed by atoms with Gasteiger partial charge in [-0.1, -0.05) is 11.6 Å². The number of likely N-dealkylation sites (tertiary alicyclic amines) is 1. The van der Waals surface area contributed by atoms with E-state index < -0.39 is 18.4 Å². The molecular weight excluding hydrogens is 320 g/mol. The van der Waals surface area contributed by atoms with Crippen molar-refractivity contribution in [3.05, 3.63) is 34.6 Å². The smallest absolute Gasteiger partial charge is 0.267 e. The molecule has 1 fully saturated rings. The third kappa shape index (κ3) is 2.89. The molecule has 4 nitrogen and oxygen atoms in total. The van der Waals surface area contributed by atoms with Crippen LogP contribution in [0.1, 0.15) is 16.1 Å². The number of aromatic nitrogens is 2. The van der Waals surface area contributed by atoms with Gasteiger partial charge in [0.1, 0.15) is 9.88 Å². The van der Waals surface area contributed by atoms with Crippen LogP contribution < -0.4 is 0 Å². The summed E-state index contributed by atoms with van der Waals surface area (Å²) in [5.74, 6) is -3.32. The summed E-state index contributed by atoms with van der Waals surface area (Å²) in [5.41, 5.74) is 0.732. The molecule has 0 atom stereocenters. The number of halogens is 3. The van der Waals surface area contributed by atoms with Crippen LogP contribution in [0.2, 0.25) is 5.15 Å². The SMILES string of the molecule is O=C(c1sc(-c2cccnc2)nc1Cl)N1CCC(F)(F)C1. The molecular formula is C13H10ClF2N3OS. The Hall–Kier alpha value is -1.60. The highest BCUT2D eigenvalue weighted by atomic mass is 35.5. The Kier molecular flexibility index (Phi) is 3.62. The van der Waals surface area contributed by atoms with Gasteiger partial charge in [-0.15, -0.1) is 11.3 Å². The third-order valence-electron chi connectivity index (χ3n) is 3.15. The van der Waals surface area contributed by atoms with Gasteiger partial charge in [-0.2, -0.15) is 0 Å². The fourth-order valence-electron chi connectivity index (χ4n) is 2.10. The Labute approximate surface area is 128 Å². The molecule has 0 saturated carbocycles. The van der Waals surface area contributed by atoms with Crippen LogP contribution in [0.4, 0.5) is 8.78 Å². The normalized spacial score (nSPS) is 17.2. The molecule has 0 spiro atoms. The average Bonchev–Trinajstić information content (AvgIpc) is 3.02. The van der Waals surface area contributed by atoms with Crippen molar-refractivity contribution in [2.24, 2.45) is 0 Å². The number of hydrogen-bond donors (Lipinski definition) is 0. The van der Waals surface area contributed by atoms with Crippen molar-refractivity contribution >= 4 is 28.8 Å². The van der Waals surface area contributed by atoms with E-state index >= 15 is 0 Å². The molecule has 0 aliphatic carbocycles. The lowest BCUT2D eigenvalue weighted by Crippen LogP contribution is -2.31. The molecule has 0 aromatic carbocycles. The molecule has 0 N–H and O–H groups in total. The first kappa shape index (κ1) is 14.3. The van der Waals surface area contributed by atoms with Gasteiger partial charge >= 0.3 is 0 Å². The minimum absolute atomic E-state index is 0.0300. The molecule has 1 aliphatic heterocycles. The van der Waals surface area contributed by atoms with Crippen LogP contribution in [0.5, 0.6) is 0 Å². The first-order valence-electron chi connectivity index (χ1n) is 6.20. The van der Waals surface area contributed by atoms with Gasteiger partial charge in [0.05, 0.1) is 6.54 Å². The number of pyridine rings is 1. The van der Waals surface area contributed by atoms with Gasteiger partial charge < -0.3 is 4.90 Å². The molecule has 0 unspecified atom stereocenters. The van der Waals surface area contributed by atoms with Crippen molar-refractivity contribution in [1.82, 2.24) is 14.9 Å². The average molecular weight is 330 g/mol. The highest BCUT2D eigenvalue weighted by molar-refractivity contribution is 7.17. The lowest BCUT2D eigenvalue weighted by atomic mass is 10.3. The Bertz CT molecular complexity index is 677. The predicted octanol–water partition coefficient (Wildman–Crippen LogP) is 3.34. The summed E-state index contributed by atoms with van der Waals surface area (Å²) in [6, 6.07) is 3.54. The Morgan fingerprint density at radius 2 is 2.29 bits per heavy atom. The number of carbonyl (C=O) groups is 1. The molecule has 2 aromatic rings. The van der Waals surface area contributed by atoms with Crippen molar-refractivity contribution in [2.75, 3.05) is 13.1 Å². The summed E-state index contributed by atoms with van der Waals surface area (Å²) < 4.78 is 26.4. The second-order valence-electron chi connectivity index (χ2n) is 4.71. The van der Waals surface area contributed by atoms with Crippen LogP contribution in [-0.2, 0) is 0 Å². The minimum Gasteiger partial charge on any atom is -0.332 e. The van der Waals surface area contributed by atoms with Crippen LogP contribution in [0.15, 0.2) is 24.5 Å². The Morgan fingerprint density at radius 3 is 2.90 bits per heavy atom. The molecule has 3 rings (SSSR count). The second-order valence-corrected chi connectivity index (χ2v) is 6.07. The number of nitrogens with zero attached hydrogens (tertiary/aromatic N) is 3. The van der Waals surface area contributed by atoms with Crippen LogP contribution in [0.3, 0.4) is 0 Å². The van der Waals surface area contributed by atoms with E-state index in [2.05, 4.69) is 9.97 Å². The molecule has 8 heteroatoms. The molecule has 0 bridgehead atoms. The molecule has 3 heterocycles. The van der Waals surface area contributed by atoms with E-state index in [-0.39, 0.29) is 23.0 Å². The Morgan fingerprint density at radius 1 is 1.48 bits per heavy atom. The fourth-order valence-corrected chi connectivity index (χ4v) is 3.35. The maximum atomic E-state index is 13.2. The summed E-state index contributed by atoms with van der Waals surface area (Å²) in [5, 5.41) is 0.585. The number of thiazole rings is 1. The van der Waals surface area contributed by atoms with Gasteiger partial charge in [0.2, 0.25) is 0 Å². The van der Waals surface area contributed by atoms with Gasteiger partial charge in [-0.25, -0.2) is 13.8 Å². The van der Waals surface area contributed by atoms with E-state index in [0.29, 0.717) is 5.01 Å². The summed E-state index contributed by atoms with van der Waals surface area (Å²) in [4.78, 5) is 21.7. The van der Waals surface area contributed by atoms with E-state index in [0.717, 1.165) is 21.8 Å².